The molecule has 20 heavy (non-hydrogen) atoms. The van der Waals surface area contributed by atoms with E-state index in [0.29, 0.717) is 16.6 Å². The molecule has 1 aromatic heterocycles. The van der Waals surface area contributed by atoms with Gasteiger partial charge in [0.1, 0.15) is 10.8 Å². The lowest BCUT2D eigenvalue weighted by Gasteiger charge is -2.20. The molecule has 3 rings (SSSR count). The Morgan fingerprint density at radius 2 is 1.80 bits per heavy atom. The highest BCUT2D eigenvalue weighted by atomic mass is 35.5. The fraction of sp³-hybridized carbons (Fsp3) is 0.267. The Morgan fingerprint density at radius 1 is 1.05 bits per heavy atom. The van der Waals surface area contributed by atoms with Gasteiger partial charge in [0.2, 0.25) is 5.88 Å². The maximum Gasteiger partial charge on any atom is 0.238 e. The number of aromatic nitrogens is 1. The van der Waals surface area contributed by atoms with E-state index in [4.69, 9.17) is 33.7 Å². The van der Waals surface area contributed by atoms with Gasteiger partial charge in [-0.3, -0.25) is 0 Å². The van der Waals surface area contributed by atoms with Crippen LogP contribution in [0.2, 0.25) is 10.0 Å². The van der Waals surface area contributed by atoms with Gasteiger partial charge in [0, 0.05) is 5.02 Å². The van der Waals surface area contributed by atoms with Gasteiger partial charge in [-0.05, 0) is 55.0 Å². The minimum atomic E-state index is 0.371. The van der Waals surface area contributed by atoms with Gasteiger partial charge in [0.25, 0.3) is 0 Å². The van der Waals surface area contributed by atoms with Crippen LogP contribution in [-0.2, 0) is 12.8 Å². The van der Waals surface area contributed by atoms with E-state index in [1.165, 1.54) is 17.3 Å². The predicted molar refractivity (Wildman–Crippen MR) is 81.8 cm³/mol. The Balaban J connectivity index is 1.99. The number of anilines is 1. The molecule has 0 fully saturated rings. The summed E-state index contributed by atoms with van der Waals surface area (Å²) < 4.78 is 5.86. The van der Waals surface area contributed by atoms with Crippen molar-refractivity contribution in [2.24, 2.45) is 0 Å². The number of ether oxygens (including phenoxy) is 1. The second-order valence-corrected chi connectivity index (χ2v) is 5.68. The summed E-state index contributed by atoms with van der Waals surface area (Å²) in [5.74, 6) is 1.15. The van der Waals surface area contributed by atoms with Crippen LogP contribution in [0.15, 0.2) is 24.4 Å². The highest BCUT2D eigenvalue weighted by Crippen LogP contribution is 2.37. The highest BCUT2D eigenvalue weighted by Gasteiger charge is 2.18. The average molecular weight is 309 g/mol. The summed E-state index contributed by atoms with van der Waals surface area (Å²) in [6, 6.07) is 5.37. The first kappa shape index (κ1) is 13.5. The zero-order valence-electron chi connectivity index (χ0n) is 10.8. The molecule has 5 heteroatoms. The standard InChI is InChI=1S/C15H14Cl2N2O/c16-12-5-6-14(11-4-2-1-3-10(11)12)20-15-13(17)7-9(18)8-19-15/h5-8H,1-4,18H2. The summed E-state index contributed by atoms with van der Waals surface area (Å²) in [6.45, 7) is 0. The fourth-order valence-electron chi connectivity index (χ4n) is 2.51. The monoisotopic (exact) mass is 308 g/mol. The molecule has 0 radical (unpaired) electrons. The van der Waals surface area contributed by atoms with Crippen molar-refractivity contribution in [1.82, 2.24) is 4.98 Å². The van der Waals surface area contributed by atoms with Gasteiger partial charge < -0.3 is 10.5 Å². The number of nitrogens with two attached hydrogens (primary N) is 1. The van der Waals surface area contributed by atoms with E-state index in [-0.39, 0.29) is 0 Å². The minimum absolute atomic E-state index is 0.371. The summed E-state index contributed by atoms with van der Waals surface area (Å²) in [5.41, 5.74) is 8.49. The number of nitrogens with zero attached hydrogens (tertiary/aromatic N) is 1. The molecule has 0 amide bonds. The maximum atomic E-state index is 6.26. The molecule has 1 aliphatic rings. The normalized spacial score (nSPS) is 13.9. The zero-order chi connectivity index (χ0) is 14.1. The molecule has 1 aromatic carbocycles. The molecule has 0 unspecified atom stereocenters. The van der Waals surface area contributed by atoms with Crippen LogP contribution in [0.4, 0.5) is 5.69 Å². The number of fused-ring (bicyclic) bond motifs is 1. The van der Waals surface area contributed by atoms with E-state index in [0.717, 1.165) is 36.5 Å². The van der Waals surface area contributed by atoms with Crippen LogP contribution in [0, 0.1) is 0 Å². The second kappa shape index (κ2) is 5.51. The molecule has 3 nitrogen and oxygen atoms in total. The average Bonchev–Trinajstić information content (AvgIpc) is 2.45. The van der Waals surface area contributed by atoms with Gasteiger partial charge in [0.15, 0.2) is 0 Å². The Labute approximate surface area is 127 Å². The summed E-state index contributed by atoms with van der Waals surface area (Å²) in [4.78, 5) is 4.13. The predicted octanol–water partition coefficient (Wildman–Crippen LogP) is 4.64. The van der Waals surface area contributed by atoms with Crippen LogP contribution in [-0.4, -0.2) is 4.98 Å². The number of pyridine rings is 1. The van der Waals surface area contributed by atoms with Gasteiger partial charge in [-0.15, -0.1) is 0 Å². The first-order valence-corrected chi connectivity index (χ1v) is 7.30. The lowest BCUT2D eigenvalue weighted by Crippen LogP contribution is -2.05. The first-order chi connectivity index (χ1) is 9.65. The van der Waals surface area contributed by atoms with Crippen molar-refractivity contribution in [3.8, 4) is 11.6 Å². The van der Waals surface area contributed by atoms with Gasteiger partial charge in [-0.25, -0.2) is 4.98 Å². The van der Waals surface area contributed by atoms with Crippen molar-refractivity contribution in [2.75, 3.05) is 5.73 Å². The minimum Gasteiger partial charge on any atom is -0.437 e. The number of hydrogen-bond donors (Lipinski definition) is 1. The van der Waals surface area contributed by atoms with Gasteiger partial charge in [-0.1, -0.05) is 23.2 Å². The number of benzene rings is 1. The van der Waals surface area contributed by atoms with Crippen LogP contribution >= 0.6 is 23.2 Å². The van der Waals surface area contributed by atoms with Crippen molar-refractivity contribution in [2.45, 2.75) is 25.7 Å². The van der Waals surface area contributed by atoms with Crippen molar-refractivity contribution >= 4 is 28.9 Å². The Bertz CT molecular complexity index is 659. The van der Waals surface area contributed by atoms with Crippen LogP contribution < -0.4 is 10.5 Å². The molecule has 104 valence electrons. The van der Waals surface area contributed by atoms with Gasteiger partial charge in [0.05, 0.1) is 11.9 Å². The van der Waals surface area contributed by atoms with Crippen molar-refractivity contribution in [3.63, 3.8) is 0 Å². The summed E-state index contributed by atoms with van der Waals surface area (Å²) >= 11 is 12.4. The fourth-order valence-corrected chi connectivity index (χ4v) is 2.99. The summed E-state index contributed by atoms with van der Waals surface area (Å²) in [5, 5.41) is 1.22. The van der Waals surface area contributed by atoms with E-state index in [2.05, 4.69) is 4.98 Å². The number of rotatable bonds is 2. The molecular weight excluding hydrogens is 295 g/mol. The van der Waals surface area contributed by atoms with E-state index >= 15 is 0 Å². The largest absolute Gasteiger partial charge is 0.437 e. The van der Waals surface area contributed by atoms with E-state index in [9.17, 15) is 0 Å². The third-order valence-electron chi connectivity index (χ3n) is 3.47. The molecule has 1 aliphatic carbocycles. The van der Waals surface area contributed by atoms with Crippen LogP contribution in [0.1, 0.15) is 24.0 Å². The third kappa shape index (κ3) is 2.56. The smallest absolute Gasteiger partial charge is 0.238 e. The third-order valence-corrected chi connectivity index (χ3v) is 4.09. The van der Waals surface area contributed by atoms with Crippen molar-refractivity contribution in [1.29, 1.82) is 0 Å². The maximum absolute atomic E-state index is 6.26. The van der Waals surface area contributed by atoms with Gasteiger partial charge >= 0.3 is 0 Å². The summed E-state index contributed by atoms with van der Waals surface area (Å²) in [7, 11) is 0. The molecule has 2 N–H and O–H groups in total. The Morgan fingerprint density at radius 3 is 2.55 bits per heavy atom. The van der Waals surface area contributed by atoms with Gasteiger partial charge in [-0.2, -0.15) is 0 Å². The molecule has 0 aliphatic heterocycles. The van der Waals surface area contributed by atoms with Crippen molar-refractivity contribution in [3.05, 3.63) is 45.6 Å². The molecule has 0 atom stereocenters. The highest BCUT2D eigenvalue weighted by molar-refractivity contribution is 6.32. The molecular formula is C15H14Cl2N2O. The van der Waals surface area contributed by atoms with E-state index < -0.39 is 0 Å². The van der Waals surface area contributed by atoms with Crippen LogP contribution in [0.3, 0.4) is 0 Å². The van der Waals surface area contributed by atoms with E-state index in [1.807, 2.05) is 12.1 Å². The molecule has 0 saturated carbocycles. The number of halogens is 2. The quantitative estimate of drug-likeness (QED) is 0.879. The molecule has 0 saturated heterocycles. The van der Waals surface area contributed by atoms with Crippen LogP contribution in [0.25, 0.3) is 0 Å². The summed E-state index contributed by atoms with van der Waals surface area (Å²) in [6.07, 6.45) is 5.80. The molecule has 2 aromatic rings. The Kier molecular flexibility index (Phi) is 3.72. The SMILES string of the molecule is Nc1cnc(Oc2ccc(Cl)c3c2CCCC3)c(Cl)c1. The van der Waals surface area contributed by atoms with E-state index in [1.54, 1.807) is 6.07 Å². The van der Waals surface area contributed by atoms with Crippen molar-refractivity contribution < 1.29 is 4.74 Å². The molecule has 0 spiro atoms. The number of nitrogen functional groups attached to an aromatic ring is 1. The molecule has 1 heterocycles. The Hall–Kier alpha value is -1.45. The first-order valence-electron chi connectivity index (χ1n) is 6.54. The number of hydrogen-bond acceptors (Lipinski definition) is 3. The lowest BCUT2D eigenvalue weighted by molar-refractivity contribution is 0.452. The van der Waals surface area contributed by atoms with Crippen LogP contribution in [0.5, 0.6) is 11.6 Å². The molecule has 0 bridgehead atoms. The second-order valence-electron chi connectivity index (χ2n) is 4.87. The topological polar surface area (TPSA) is 48.1 Å². The zero-order valence-corrected chi connectivity index (χ0v) is 12.3. The lowest BCUT2D eigenvalue weighted by atomic mass is 9.91.